The second-order valence-corrected chi connectivity index (χ2v) is 37.4. The Hall–Kier alpha value is -19.4. The number of benzene rings is 21. The Bertz CT molecular complexity index is 9970. The smallest absolute Gasteiger partial charge is 0.164 e. The molecule has 29 rings (SSSR count). The lowest BCUT2D eigenvalue weighted by Crippen LogP contribution is -2.15. The van der Waals surface area contributed by atoms with Crippen LogP contribution in [0.5, 0.6) is 0 Å². The summed E-state index contributed by atoms with van der Waals surface area (Å²) in [6.07, 6.45) is 0. The van der Waals surface area contributed by atoms with Crippen LogP contribution in [0, 0.1) is 0 Å². The topological polar surface area (TPSA) is 169 Å². The monoisotopic (exact) mass is 1860 g/mol. The Kier molecular flexibility index (Phi) is 20.6. The summed E-state index contributed by atoms with van der Waals surface area (Å²) in [7, 11) is 0. The van der Waals surface area contributed by atoms with E-state index in [1.165, 1.54) is 44.0 Å². The largest absolute Gasteiger partial charge is 0.456 e. The highest BCUT2D eigenvalue weighted by Crippen LogP contribution is 2.51. The van der Waals surface area contributed by atoms with Gasteiger partial charge in [-0.25, -0.2) is 44.9 Å². The van der Waals surface area contributed by atoms with Crippen molar-refractivity contribution in [1.29, 1.82) is 0 Å². The number of nitrogens with zero attached hydrogens (tertiary/aromatic N) is 9. The Balaban J connectivity index is 0.000000108. The van der Waals surface area contributed by atoms with Crippen molar-refractivity contribution in [3.63, 3.8) is 0 Å². The first kappa shape index (κ1) is 84.9. The van der Waals surface area contributed by atoms with E-state index in [4.69, 9.17) is 62.5 Å². The van der Waals surface area contributed by atoms with Gasteiger partial charge in [0.1, 0.15) is 44.7 Å². The fraction of sp³-hybridized carbons (Fsp3) is 0.0227. The van der Waals surface area contributed by atoms with E-state index in [-0.39, 0.29) is 5.41 Å². The van der Waals surface area contributed by atoms with Gasteiger partial charge in [0.15, 0.2) is 52.4 Å². The van der Waals surface area contributed by atoms with Crippen LogP contribution in [-0.4, -0.2) is 44.9 Å². The number of aromatic nitrogens is 9. The van der Waals surface area contributed by atoms with Gasteiger partial charge in [-0.1, -0.05) is 360 Å². The van der Waals surface area contributed by atoms with Crippen LogP contribution in [0.3, 0.4) is 0 Å². The lowest BCUT2D eigenvalue weighted by molar-refractivity contribution is 0.660. The quantitative estimate of drug-likeness (QED) is 0.107. The van der Waals surface area contributed by atoms with Crippen molar-refractivity contribution in [1.82, 2.24) is 44.9 Å². The number of rotatable bonds is 13. The zero-order chi connectivity index (χ0) is 96.2. The predicted octanol–water partition coefficient (Wildman–Crippen LogP) is 34.6. The van der Waals surface area contributed by atoms with E-state index in [1.807, 2.05) is 176 Å². The molecular weight excluding hydrogens is 1780 g/mol. The Labute approximate surface area is 832 Å². The number of hydrogen-bond donors (Lipinski definition) is 0. The lowest BCUT2D eigenvalue weighted by Gasteiger charge is -2.21. The van der Waals surface area contributed by atoms with Crippen molar-refractivity contribution < 1.29 is 17.7 Å². The predicted molar refractivity (Wildman–Crippen MR) is 589 cm³/mol. The third-order valence-electron chi connectivity index (χ3n) is 28.1. The first-order valence-corrected chi connectivity index (χ1v) is 48.6. The van der Waals surface area contributed by atoms with Gasteiger partial charge >= 0.3 is 0 Å². The molecule has 0 saturated heterocycles. The molecule has 145 heavy (non-hydrogen) atoms. The van der Waals surface area contributed by atoms with Crippen molar-refractivity contribution in [2.45, 2.75) is 19.3 Å². The van der Waals surface area contributed by atoms with E-state index in [2.05, 4.69) is 305 Å². The molecule has 28 aromatic rings. The van der Waals surface area contributed by atoms with Crippen LogP contribution < -0.4 is 0 Å². The molecule has 0 aliphatic heterocycles. The van der Waals surface area contributed by atoms with Crippen molar-refractivity contribution in [3.05, 3.63) is 478 Å². The van der Waals surface area contributed by atoms with Crippen LogP contribution in [0.1, 0.15) is 25.0 Å². The SMILES string of the molecule is CC1(C)c2ccccc2-c2ccc(-c3nc(-c4ccccc4)nc(-c4cccc(-c5ccc6cc7oc8ccccc8c7cc6c5)c4)n3)cc21.c1ccc(-c2nc(-c3cccc(-c4ccc5cc6c(cc5c4)oc4ccccc46)c3)nc(-c3ccc4oc5ccccc5c4c3)n2)cc1.c1ccc(-c2nc(-c3ccccc3)nc(-c3cccc(-c4cccc(-c5cccc6cc7oc8ccccc8c7cc56)c4)c3)n2)cc1. The fourth-order valence-corrected chi connectivity index (χ4v) is 20.8. The fourth-order valence-electron chi connectivity index (χ4n) is 20.8. The molecule has 0 bridgehead atoms. The number of fused-ring (bicyclic) bond motifs is 18. The standard InChI is InChI=1S/C46H31N3O.C43H25N3O2.C43H27N3O/c1-46(2)39-17-8-6-15-35(39)36-22-21-33(26-40(36)46)45-48-43(28-11-4-3-5-12-28)47-44(49-45)32-14-10-13-29(23-32)30-19-20-31-27-42-38(25-34(31)24-30)37-16-7-9-18-41(37)50-42;1-2-9-26(10-3-1)41-44-42(46-43(45-41)31-19-20-39-35(24-31)33-13-4-6-15-37(33)47-39)30-12-8-11-27(21-30)28-17-18-29-23-36-34-14-5-7-16-38(34)48-40(36)25-32(29)22-28;1-3-12-28(13-4-1)41-44-42(29-14-5-2-6-15-29)46-43(45-41)34-20-10-17-31(25-34)30-16-9-18-32(24-30)35-22-11-19-33-26-40-38(27-37(33)35)36-21-7-8-23-39(36)47-40/h3-27H,1-2H3;1-25H;1-27H. The molecule has 13 nitrogen and oxygen atoms in total. The molecule has 0 unspecified atom stereocenters. The normalized spacial score (nSPS) is 12.1. The highest BCUT2D eigenvalue weighted by molar-refractivity contribution is 6.15. The second kappa shape index (κ2) is 35.2. The van der Waals surface area contributed by atoms with E-state index in [1.54, 1.807) is 0 Å². The van der Waals surface area contributed by atoms with Crippen LogP contribution in [0.25, 0.3) is 278 Å². The maximum Gasteiger partial charge on any atom is 0.164 e. The Morgan fingerprint density at radius 3 is 0.869 bits per heavy atom. The van der Waals surface area contributed by atoms with E-state index in [0.717, 1.165) is 193 Å². The molecule has 0 N–H and O–H groups in total. The van der Waals surface area contributed by atoms with Crippen LogP contribution in [0.4, 0.5) is 0 Å². The number of para-hydroxylation sites is 4. The summed E-state index contributed by atoms with van der Waals surface area (Å²) in [5.74, 6) is 5.75. The molecule has 7 aromatic heterocycles. The van der Waals surface area contributed by atoms with Gasteiger partial charge in [-0.15, -0.1) is 0 Å². The van der Waals surface area contributed by atoms with Crippen LogP contribution in [-0.2, 0) is 5.41 Å². The summed E-state index contributed by atoms with van der Waals surface area (Å²) >= 11 is 0. The minimum Gasteiger partial charge on any atom is -0.456 e. The van der Waals surface area contributed by atoms with Crippen molar-refractivity contribution >= 4 is 120 Å². The third-order valence-corrected chi connectivity index (χ3v) is 28.1. The summed E-state index contributed by atoms with van der Waals surface area (Å²) in [4.78, 5) is 45.0. The van der Waals surface area contributed by atoms with Crippen LogP contribution >= 0.6 is 0 Å². The van der Waals surface area contributed by atoms with Crippen molar-refractivity contribution in [3.8, 4) is 158 Å². The van der Waals surface area contributed by atoms with Gasteiger partial charge in [-0.05, 0) is 220 Å². The van der Waals surface area contributed by atoms with E-state index < -0.39 is 0 Å². The summed E-state index contributed by atoms with van der Waals surface area (Å²) in [5.41, 5.74) is 29.6. The summed E-state index contributed by atoms with van der Waals surface area (Å²) in [6, 6.07) is 162. The Morgan fingerprint density at radius 2 is 0.414 bits per heavy atom. The van der Waals surface area contributed by atoms with Crippen LogP contribution in [0.15, 0.2) is 485 Å². The second-order valence-electron chi connectivity index (χ2n) is 37.4. The molecule has 0 amide bonds. The highest BCUT2D eigenvalue weighted by Gasteiger charge is 2.36. The van der Waals surface area contributed by atoms with Gasteiger partial charge in [-0.3, -0.25) is 0 Å². The van der Waals surface area contributed by atoms with E-state index in [0.29, 0.717) is 52.4 Å². The maximum atomic E-state index is 6.19. The Morgan fingerprint density at radius 1 is 0.138 bits per heavy atom. The molecule has 21 aromatic carbocycles. The minimum absolute atomic E-state index is 0.120. The van der Waals surface area contributed by atoms with Gasteiger partial charge in [-0.2, -0.15) is 0 Å². The van der Waals surface area contributed by atoms with E-state index in [9.17, 15) is 0 Å². The minimum atomic E-state index is -0.120. The highest BCUT2D eigenvalue weighted by atomic mass is 16.3. The lowest BCUT2D eigenvalue weighted by atomic mass is 9.82. The van der Waals surface area contributed by atoms with Gasteiger partial charge in [0, 0.05) is 98.6 Å². The zero-order valence-corrected chi connectivity index (χ0v) is 78.6. The molecule has 1 aliphatic carbocycles. The molecule has 1 aliphatic rings. The summed E-state index contributed by atoms with van der Waals surface area (Å²) < 4.78 is 24.6. The van der Waals surface area contributed by atoms with Gasteiger partial charge < -0.3 is 17.7 Å². The van der Waals surface area contributed by atoms with Crippen molar-refractivity contribution in [2.75, 3.05) is 0 Å². The van der Waals surface area contributed by atoms with E-state index >= 15 is 0 Å². The molecule has 7 heterocycles. The average molecular weight is 1860 g/mol. The summed E-state index contributed by atoms with van der Waals surface area (Å²) in [5, 5.41) is 15.9. The third kappa shape index (κ3) is 15.7. The molecule has 13 heteroatoms. The molecule has 0 spiro atoms. The van der Waals surface area contributed by atoms with Gasteiger partial charge in [0.05, 0.1) is 0 Å². The zero-order valence-electron chi connectivity index (χ0n) is 78.6. The van der Waals surface area contributed by atoms with Crippen LogP contribution in [0.2, 0.25) is 0 Å². The number of hydrogen-bond acceptors (Lipinski definition) is 13. The van der Waals surface area contributed by atoms with Gasteiger partial charge in [0.2, 0.25) is 0 Å². The average Bonchev–Trinajstić information content (AvgIpc) is 1.57. The van der Waals surface area contributed by atoms with Gasteiger partial charge in [0.25, 0.3) is 0 Å². The summed E-state index contributed by atoms with van der Waals surface area (Å²) in [6.45, 7) is 4.60. The first-order valence-electron chi connectivity index (χ1n) is 48.6. The molecular formula is C132H83N9O4. The first-order chi connectivity index (χ1) is 71.5. The molecule has 0 atom stereocenters. The molecule has 0 radical (unpaired) electrons. The maximum absolute atomic E-state index is 6.19. The molecule has 680 valence electrons. The molecule has 0 saturated carbocycles. The molecule has 0 fully saturated rings. The number of furan rings is 4. The van der Waals surface area contributed by atoms with Crippen molar-refractivity contribution in [2.24, 2.45) is 0 Å².